The summed E-state index contributed by atoms with van der Waals surface area (Å²) in [6.45, 7) is 5.00. The Hall–Kier alpha value is -2.28. The van der Waals surface area contributed by atoms with Crippen molar-refractivity contribution in [2.75, 3.05) is 14.2 Å². The van der Waals surface area contributed by atoms with E-state index in [1.807, 2.05) is 0 Å². The highest BCUT2D eigenvalue weighted by atomic mass is 79.9. The smallest absolute Gasteiger partial charge is 0.355 e. The molecule has 0 aliphatic heterocycles. The van der Waals surface area contributed by atoms with Gasteiger partial charge in [-0.05, 0) is 38.5 Å². The summed E-state index contributed by atoms with van der Waals surface area (Å²) in [5.41, 5.74) is 2.81. The van der Waals surface area contributed by atoms with E-state index in [0.29, 0.717) is 34.0 Å². The number of carbonyl (C=O) groups is 2. The van der Waals surface area contributed by atoms with E-state index >= 15 is 0 Å². The number of methoxy groups -OCH3 is 2. The van der Waals surface area contributed by atoms with Crippen LogP contribution in [-0.4, -0.2) is 31.0 Å². The lowest BCUT2D eigenvalue weighted by atomic mass is 10.1. The molecular weight excluding hydrogens is 390 g/mol. The van der Waals surface area contributed by atoms with Crippen LogP contribution in [0.3, 0.4) is 0 Å². The Labute approximate surface area is 154 Å². The summed E-state index contributed by atoms with van der Waals surface area (Å²) < 4.78 is 16.6. The summed E-state index contributed by atoms with van der Waals surface area (Å²) in [5.74, 6) is 0.511. The third-order valence-corrected chi connectivity index (χ3v) is 4.64. The molecule has 1 aromatic carbocycles. The number of Topliss-reactive ketones (excluding diaryl/α,β-unsaturated/α-hetero) is 1. The Morgan fingerprint density at radius 2 is 1.72 bits per heavy atom. The quantitative estimate of drug-likeness (QED) is 0.576. The van der Waals surface area contributed by atoms with Crippen LogP contribution >= 0.6 is 15.9 Å². The number of nitrogens with one attached hydrogen (secondary N) is 1. The standard InChI is InChI=1S/C18H20BrNO5/c1-9-16(11(3)21)10(2)20-17(9)18(22)25-8-12-6-14(23-4)15(24-5)7-13(12)19/h6-7,20H,8H2,1-5H3. The molecule has 0 fully saturated rings. The van der Waals surface area contributed by atoms with Crippen molar-refractivity contribution in [2.45, 2.75) is 27.4 Å². The molecule has 0 radical (unpaired) electrons. The molecule has 2 aromatic rings. The zero-order valence-electron chi connectivity index (χ0n) is 14.8. The maximum atomic E-state index is 12.4. The van der Waals surface area contributed by atoms with E-state index in [4.69, 9.17) is 14.2 Å². The van der Waals surface area contributed by atoms with Gasteiger partial charge in [-0.15, -0.1) is 0 Å². The molecule has 6 nitrogen and oxygen atoms in total. The van der Waals surface area contributed by atoms with Gasteiger partial charge in [0.05, 0.1) is 14.2 Å². The summed E-state index contributed by atoms with van der Waals surface area (Å²) >= 11 is 3.43. The second-order valence-electron chi connectivity index (χ2n) is 5.56. The summed E-state index contributed by atoms with van der Waals surface area (Å²) in [4.78, 5) is 27.0. The number of esters is 1. The van der Waals surface area contributed by atoms with E-state index in [2.05, 4.69) is 20.9 Å². The summed E-state index contributed by atoms with van der Waals surface area (Å²) in [6, 6.07) is 3.49. The number of ether oxygens (including phenoxy) is 3. The fourth-order valence-electron chi connectivity index (χ4n) is 2.70. The number of halogens is 1. The number of carbonyl (C=O) groups excluding carboxylic acids is 2. The molecule has 0 amide bonds. The Morgan fingerprint density at radius 3 is 2.24 bits per heavy atom. The number of hydrogen-bond donors (Lipinski definition) is 1. The molecule has 1 N–H and O–H groups in total. The van der Waals surface area contributed by atoms with Crippen molar-refractivity contribution in [3.05, 3.63) is 44.7 Å². The number of H-pyrrole nitrogens is 1. The van der Waals surface area contributed by atoms with Crippen LogP contribution in [-0.2, 0) is 11.3 Å². The second kappa shape index (κ2) is 7.74. The van der Waals surface area contributed by atoms with Crippen molar-refractivity contribution in [3.63, 3.8) is 0 Å². The van der Waals surface area contributed by atoms with E-state index < -0.39 is 5.97 Å². The van der Waals surface area contributed by atoms with Gasteiger partial charge in [0.2, 0.25) is 0 Å². The van der Waals surface area contributed by atoms with Crippen LogP contribution in [0.4, 0.5) is 0 Å². The molecule has 0 spiro atoms. The highest BCUT2D eigenvalue weighted by molar-refractivity contribution is 9.10. The number of aryl methyl sites for hydroxylation is 1. The average molecular weight is 410 g/mol. The minimum atomic E-state index is -0.519. The lowest BCUT2D eigenvalue weighted by molar-refractivity contribution is 0.0464. The first-order valence-corrected chi connectivity index (χ1v) is 8.37. The highest BCUT2D eigenvalue weighted by Crippen LogP contribution is 2.33. The van der Waals surface area contributed by atoms with Crippen molar-refractivity contribution in [3.8, 4) is 11.5 Å². The summed E-state index contributed by atoms with van der Waals surface area (Å²) in [6.07, 6.45) is 0. The molecule has 0 unspecified atom stereocenters. The third kappa shape index (κ3) is 3.87. The molecule has 2 rings (SSSR count). The molecule has 0 bridgehead atoms. The Kier molecular flexibility index (Phi) is 5.89. The molecule has 0 atom stereocenters. The zero-order chi connectivity index (χ0) is 18.7. The monoisotopic (exact) mass is 409 g/mol. The zero-order valence-corrected chi connectivity index (χ0v) is 16.4. The first-order chi connectivity index (χ1) is 11.8. The van der Waals surface area contributed by atoms with Gasteiger partial charge in [-0.2, -0.15) is 0 Å². The van der Waals surface area contributed by atoms with Gasteiger partial charge in [0.25, 0.3) is 0 Å². The van der Waals surface area contributed by atoms with Gasteiger partial charge < -0.3 is 19.2 Å². The van der Waals surface area contributed by atoms with Crippen LogP contribution < -0.4 is 9.47 Å². The van der Waals surface area contributed by atoms with Crippen molar-refractivity contribution < 1.29 is 23.8 Å². The molecule has 0 saturated heterocycles. The van der Waals surface area contributed by atoms with Gasteiger partial charge in [0.1, 0.15) is 12.3 Å². The van der Waals surface area contributed by atoms with Gasteiger partial charge >= 0.3 is 5.97 Å². The lowest BCUT2D eigenvalue weighted by Crippen LogP contribution is -2.08. The maximum Gasteiger partial charge on any atom is 0.355 e. The molecule has 1 heterocycles. The SMILES string of the molecule is COc1cc(Br)c(COC(=O)c2[nH]c(C)c(C(C)=O)c2C)cc1OC. The number of aromatic nitrogens is 1. The fourth-order valence-corrected chi connectivity index (χ4v) is 3.14. The first kappa shape index (κ1) is 19.1. The number of rotatable bonds is 6. The average Bonchev–Trinajstić information content (AvgIpc) is 2.87. The summed E-state index contributed by atoms with van der Waals surface area (Å²) in [5, 5.41) is 0. The number of ketones is 1. The highest BCUT2D eigenvalue weighted by Gasteiger charge is 2.21. The van der Waals surface area contributed by atoms with Crippen molar-refractivity contribution >= 4 is 27.7 Å². The molecule has 134 valence electrons. The predicted molar refractivity (Wildman–Crippen MR) is 96.6 cm³/mol. The van der Waals surface area contributed by atoms with E-state index in [0.717, 1.165) is 10.0 Å². The molecule has 1 aromatic heterocycles. The van der Waals surface area contributed by atoms with Crippen LogP contribution in [0, 0.1) is 13.8 Å². The first-order valence-electron chi connectivity index (χ1n) is 7.57. The van der Waals surface area contributed by atoms with Gasteiger partial charge in [-0.3, -0.25) is 4.79 Å². The normalized spacial score (nSPS) is 10.5. The number of hydrogen-bond acceptors (Lipinski definition) is 5. The van der Waals surface area contributed by atoms with Gasteiger partial charge in [-0.25, -0.2) is 4.79 Å². The lowest BCUT2D eigenvalue weighted by Gasteiger charge is -2.12. The molecular formula is C18H20BrNO5. The number of benzene rings is 1. The fraction of sp³-hybridized carbons (Fsp3) is 0.333. The van der Waals surface area contributed by atoms with E-state index in [1.54, 1.807) is 33.1 Å². The minimum absolute atomic E-state index is 0.0483. The van der Waals surface area contributed by atoms with E-state index in [-0.39, 0.29) is 12.4 Å². The molecule has 7 heteroatoms. The van der Waals surface area contributed by atoms with Crippen LogP contribution in [0.25, 0.3) is 0 Å². The van der Waals surface area contributed by atoms with Crippen molar-refractivity contribution in [2.24, 2.45) is 0 Å². The molecule has 0 aliphatic rings. The van der Waals surface area contributed by atoms with Crippen LogP contribution in [0.5, 0.6) is 11.5 Å². The van der Waals surface area contributed by atoms with Gasteiger partial charge in [0, 0.05) is 21.3 Å². The van der Waals surface area contributed by atoms with Gasteiger partial charge in [0.15, 0.2) is 17.3 Å². The predicted octanol–water partition coefficient (Wildman–Crippen LogP) is 3.97. The summed E-state index contributed by atoms with van der Waals surface area (Å²) in [7, 11) is 3.09. The third-order valence-electron chi connectivity index (χ3n) is 3.91. The topological polar surface area (TPSA) is 77.6 Å². The second-order valence-corrected chi connectivity index (χ2v) is 6.41. The van der Waals surface area contributed by atoms with Crippen LogP contribution in [0.2, 0.25) is 0 Å². The van der Waals surface area contributed by atoms with E-state index in [9.17, 15) is 9.59 Å². The Balaban J connectivity index is 2.21. The molecule has 25 heavy (non-hydrogen) atoms. The largest absolute Gasteiger partial charge is 0.493 e. The van der Waals surface area contributed by atoms with Gasteiger partial charge in [-0.1, -0.05) is 15.9 Å². The molecule has 0 aliphatic carbocycles. The minimum Gasteiger partial charge on any atom is -0.493 e. The molecule has 0 saturated carbocycles. The van der Waals surface area contributed by atoms with E-state index in [1.165, 1.54) is 14.0 Å². The Morgan fingerprint density at radius 1 is 1.12 bits per heavy atom. The maximum absolute atomic E-state index is 12.4. The van der Waals surface area contributed by atoms with Crippen molar-refractivity contribution in [1.82, 2.24) is 4.98 Å². The van der Waals surface area contributed by atoms with Crippen LogP contribution in [0.15, 0.2) is 16.6 Å². The Bertz CT molecular complexity index is 825. The number of aromatic amines is 1. The van der Waals surface area contributed by atoms with Crippen LogP contribution in [0.1, 0.15) is 44.6 Å². The van der Waals surface area contributed by atoms with Crippen molar-refractivity contribution in [1.29, 1.82) is 0 Å².